The second-order valence-electron chi connectivity index (χ2n) is 3.67. The van der Waals surface area contributed by atoms with E-state index in [2.05, 4.69) is 17.6 Å². The molecule has 0 bridgehead atoms. The molecule has 0 aliphatic carbocycles. The van der Waals surface area contributed by atoms with Crippen molar-refractivity contribution in [2.24, 2.45) is 0 Å². The molecule has 1 unspecified atom stereocenters. The van der Waals surface area contributed by atoms with Gasteiger partial charge in [0.05, 0.1) is 12.6 Å². The summed E-state index contributed by atoms with van der Waals surface area (Å²) in [5.74, 6) is 0. The topological polar surface area (TPSA) is 50.4 Å². The highest BCUT2D eigenvalue weighted by Gasteiger charge is 2.15. The SMILES string of the molecule is CCCCNC(=O)NC1CCCOC1. The van der Waals surface area contributed by atoms with E-state index in [0.29, 0.717) is 6.61 Å². The molecule has 0 aromatic heterocycles. The van der Waals surface area contributed by atoms with E-state index in [-0.39, 0.29) is 12.1 Å². The minimum Gasteiger partial charge on any atom is -0.379 e. The Morgan fingerprint density at radius 3 is 3.07 bits per heavy atom. The van der Waals surface area contributed by atoms with Gasteiger partial charge in [0.25, 0.3) is 0 Å². The van der Waals surface area contributed by atoms with Crippen LogP contribution in [0.4, 0.5) is 4.79 Å². The van der Waals surface area contributed by atoms with Gasteiger partial charge < -0.3 is 15.4 Å². The molecular weight excluding hydrogens is 180 g/mol. The predicted octanol–water partition coefficient (Wildman–Crippen LogP) is 1.26. The maximum atomic E-state index is 11.3. The fourth-order valence-electron chi connectivity index (χ4n) is 1.47. The van der Waals surface area contributed by atoms with Gasteiger partial charge in [0.2, 0.25) is 0 Å². The fourth-order valence-corrected chi connectivity index (χ4v) is 1.47. The zero-order valence-corrected chi connectivity index (χ0v) is 8.84. The van der Waals surface area contributed by atoms with Gasteiger partial charge in [-0.05, 0) is 19.3 Å². The first-order valence-corrected chi connectivity index (χ1v) is 5.45. The average Bonchev–Trinajstić information content (AvgIpc) is 2.20. The van der Waals surface area contributed by atoms with Crippen molar-refractivity contribution in [3.05, 3.63) is 0 Å². The number of rotatable bonds is 4. The van der Waals surface area contributed by atoms with Crippen molar-refractivity contribution in [2.75, 3.05) is 19.8 Å². The Balaban J connectivity index is 2.06. The summed E-state index contributed by atoms with van der Waals surface area (Å²) in [6.07, 6.45) is 4.21. The first-order valence-electron chi connectivity index (χ1n) is 5.45. The summed E-state index contributed by atoms with van der Waals surface area (Å²) in [5, 5.41) is 5.73. The summed E-state index contributed by atoms with van der Waals surface area (Å²) in [4.78, 5) is 11.3. The van der Waals surface area contributed by atoms with Crippen LogP contribution in [0.2, 0.25) is 0 Å². The lowest BCUT2D eigenvalue weighted by molar-refractivity contribution is 0.0732. The number of hydrogen-bond donors (Lipinski definition) is 2. The molecule has 2 N–H and O–H groups in total. The Labute approximate surface area is 85.4 Å². The molecule has 0 radical (unpaired) electrons. The maximum absolute atomic E-state index is 11.3. The Hall–Kier alpha value is -0.770. The molecule has 0 aromatic rings. The minimum absolute atomic E-state index is 0.0612. The third kappa shape index (κ3) is 4.46. The van der Waals surface area contributed by atoms with Gasteiger partial charge in [0.1, 0.15) is 0 Å². The molecule has 1 fully saturated rings. The van der Waals surface area contributed by atoms with Crippen LogP contribution in [0.25, 0.3) is 0 Å². The van der Waals surface area contributed by atoms with E-state index < -0.39 is 0 Å². The van der Waals surface area contributed by atoms with Crippen LogP contribution in [0.5, 0.6) is 0 Å². The summed E-state index contributed by atoms with van der Waals surface area (Å²) in [6, 6.07) is 0.138. The molecule has 1 aliphatic rings. The van der Waals surface area contributed by atoms with Gasteiger partial charge in [-0.25, -0.2) is 4.79 Å². The van der Waals surface area contributed by atoms with Gasteiger partial charge in [0, 0.05) is 13.2 Å². The van der Waals surface area contributed by atoms with Crippen LogP contribution in [0.3, 0.4) is 0 Å². The van der Waals surface area contributed by atoms with Gasteiger partial charge in [-0.1, -0.05) is 13.3 Å². The lowest BCUT2D eigenvalue weighted by atomic mass is 10.1. The number of hydrogen-bond acceptors (Lipinski definition) is 2. The molecule has 4 heteroatoms. The Morgan fingerprint density at radius 2 is 2.43 bits per heavy atom. The highest BCUT2D eigenvalue weighted by atomic mass is 16.5. The second-order valence-corrected chi connectivity index (χ2v) is 3.67. The normalized spacial score (nSPS) is 21.6. The van der Waals surface area contributed by atoms with Crippen molar-refractivity contribution >= 4 is 6.03 Å². The smallest absolute Gasteiger partial charge is 0.315 e. The number of nitrogens with one attached hydrogen (secondary N) is 2. The molecule has 0 spiro atoms. The lowest BCUT2D eigenvalue weighted by Crippen LogP contribution is -2.45. The third-order valence-corrected chi connectivity index (χ3v) is 2.31. The van der Waals surface area contributed by atoms with Crippen LogP contribution in [0, 0.1) is 0 Å². The van der Waals surface area contributed by atoms with Crippen molar-refractivity contribution < 1.29 is 9.53 Å². The number of unbranched alkanes of at least 4 members (excludes halogenated alkanes) is 1. The van der Waals surface area contributed by atoms with Crippen LogP contribution in [0.1, 0.15) is 32.6 Å². The molecule has 1 saturated heterocycles. The number of urea groups is 1. The second kappa shape index (κ2) is 6.65. The number of amides is 2. The van der Waals surface area contributed by atoms with Crippen molar-refractivity contribution in [2.45, 2.75) is 38.6 Å². The summed E-state index contributed by atoms with van der Waals surface area (Å²) >= 11 is 0. The number of carbonyl (C=O) groups excluding carboxylic acids is 1. The lowest BCUT2D eigenvalue weighted by Gasteiger charge is -2.23. The van der Waals surface area contributed by atoms with Gasteiger partial charge in [-0.3, -0.25) is 0 Å². The van der Waals surface area contributed by atoms with E-state index in [9.17, 15) is 4.79 Å². The van der Waals surface area contributed by atoms with Gasteiger partial charge in [-0.2, -0.15) is 0 Å². The number of carbonyl (C=O) groups is 1. The van der Waals surface area contributed by atoms with Gasteiger partial charge >= 0.3 is 6.03 Å². The molecule has 1 heterocycles. The Kier molecular flexibility index (Phi) is 5.37. The summed E-state index contributed by atoms with van der Waals surface area (Å²) < 4.78 is 5.27. The first kappa shape index (κ1) is 11.3. The average molecular weight is 200 g/mol. The Bertz CT molecular complexity index is 168. The molecule has 0 aromatic carbocycles. The van der Waals surface area contributed by atoms with E-state index in [1.807, 2.05) is 0 Å². The van der Waals surface area contributed by atoms with Crippen LogP contribution >= 0.6 is 0 Å². The fraction of sp³-hybridized carbons (Fsp3) is 0.900. The Morgan fingerprint density at radius 1 is 1.57 bits per heavy atom. The monoisotopic (exact) mass is 200 g/mol. The molecule has 1 rings (SSSR count). The van der Waals surface area contributed by atoms with E-state index in [1.165, 1.54) is 0 Å². The van der Waals surface area contributed by atoms with E-state index in [4.69, 9.17) is 4.74 Å². The van der Waals surface area contributed by atoms with Gasteiger partial charge in [0.15, 0.2) is 0 Å². The molecule has 82 valence electrons. The van der Waals surface area contributed by atoms with Crippen LogP contribution in [-0.4, -0.2) is 31.8 Å². The largest absolute Gasteiger partial charge is 0.379 e. The first-order chi connectivity index (χ1) is 6.83. The van der Waals surface area contributed by atoms with Crippen LogP contribution in [-0.2, 0) is 4.74 Å². The van der Waals surface area contributed by atoms with Gasteiger partial charge in [-0.15, -0.1) is 0 Å². The van der Waals surface area contributed by atoms with E-state index >= 15 is 0 Å². The molecule has 1 aliphatic heterocycles. The van der Waals surface area contributed by atoms with Crippen molar-refractivity contribution in [3.63, 3.8) is 0 Å². The van der Waals surface area contributed by atoms with Crippen LogP contribution < -0.4 is 10.6 Å². The van der Waals surface area contributed by atoms with Crippen LogP contribution in [0.15, 0.2) is 0 Å². The summed E-state index contributed by atoms with van der Waals surface area (Å²) in [6.45, 7) is 4.35. The van der Waals surface area contributed by atoms with E-state index in [1.54, 1.807) is 0 Å². The maximum Gasteiger partial charge on any atom is 0.315 e. The molecule has 0 saturated carbocycles. The zero-order chi connectivity index (χ0) is 10.2. The van der Waals surface area contributed by atoms with Crippen molar-refractivity contribution in [3.8, 4) is 0 Å². The highest BCUT2D eigenvalue weighted by Crippen LogP contribution is 2.05. The zero-order valence-electron chi connectivity index (χ0n) is 8.84. The molecule has 1 atom stereocenters. The van der Waals surface area contributed by atoms with E-state index in [0.717, 1.165) is 38.8 Å². The van der Waals surface area contributed by atoms with Crippen molar-refractivity contribution in [1.29, 1.82) is 0 Å². The predicted molar refractivity (Wildman–Crippen MR) is 55.3 cm³/mol. The minimum atomic E-state index is -0.0612. The summed E-state index contributed by atoms with van der Waals surface area (Å²) in [7, 11) is 0. The standard InChI is InChI=1S/C10H20N2O2/c1-2-3-6-11-10(13)12-9-5-4-7-14-8-9/h9H,2-8H2,1H3,(H2,11,12,13). The van der Waals surface area contributed by atoms with Crippen molar-refractivity contribution in [1.82, 2.24) is 10.6 Å². The summed E-state index contributed by atoms with van der Waals surface area (Å²) in [5.41, 5.74) is 0. The molecular formula is C10H20N2O2. The molecule has 4 nitrogen and oxygen atoms in total. The number of ether oxygens (including phenoxy) is 1. The molecule has 14 heavy (non-hydrogen) atoms. The quantitative estimate of drug-likeness (QED) is 0.671. The molecule has 2 amide bonds. The third-order valence-electron chi connectivity index (χ3n) is 2.31. The highest BCUT2D eigenvalue weighted by molar-refractivity contribution is 5.74.